The molecule has 29 heavy (non-hydrogen) atoms. The van der Waals surface area contributed by atoms with Crippen LogP contribution in [0.4, 0.5) is 10.1 Å². The molecule has 6 nitrogen and oxygen atoms in total. The predicted molar refractivity (Wildman–Crippen MR) is 106 cm³/mol. The van der Waals surface area contributed by atoms with Crippen molar-refractivity contribution in [3.05, 3.63) is 82.7 Å². The first kappa shape index (κ1) is 18.9. The zero-order valence-corrected chi connectivity index (χ0v) is 16.0. The number of hydrogen-bond donors (Lipinski definition) is 2. The fourth-order valence-electron chi connectivity index (χ4n) is 3.71. The Morgan fingerprint density at radius 3 is 2.62 bits per heavy atom. The second-order valence-electron chi connectivity index (χ2n) is 6.92. The zero-order valence-electron chi connectivity index (χ0n) is 16.0. The number of benzene rings is 2. The van der Waals surface area contributed by atoms with E-state index in [4.69, 9.17) is 4.74 Å². The van der Waals surface area contributed by atoms with Crippen molar-refractivity contribution < 1.29 is 18.7 Å². The highest BCUT2D eigenvalue weighted by molar-refractivity contribution is 6.14. The molecule has 0 amide bonds. The molecule has 2 heterocycles. The van der Waals surface area contributed by atoms with Crippen molar-refractivity contribution in [2.45, 2.75) is 25.8 Å². The van der Waals surface area contributed by atoms with Crippen LogP contribution in [-0.4, -0.2) is 28.3 Å². The van der Waals surface area contributed by atoms with Crippen LogP contribution in [0.1, 0.15) is 56.7 Å². The van der Waals surface area contributed by atoms with Crippen LogP contribution in [0.2, 0.25) is 0 Å². The van der Waals surface area contributed by atoms with E-state index in [1.165, 1.54) is 12.1 Å². The Morgan fingerprint density at radius 1 is 1.21 bits per heavy atom. The van der Waals surface area contributed by atoms with Gasteiger partial charge in [-0.15, -0.1) is 0 Å². The molecule has 148 valence electrons. The smallest absolute Gasteiger partial charge is 0.338 e. The first-order valence-corrected chi connectivity index (χ1v) is 9.37. The number of aromatic nitrogens is 2. The van der Waals surface area contributed by atoms with Gasteiger partial charge >= 0.3 is 5.97 Å². The molecule has 2 unspecified atom stereocenters. The normalized spacial score (nSPS) is 18.1. The summed E-state index contributed by atoms with van der Waals surface area (Å²) < 4.78 is 18.6. The number of imidazole rings is 1. The van der Waals surface area contributed by atoms with Gasteiger partial charge in [0.15, 0.2) is 5.78 Å². The Bertz CT molecular complexity index is 1080. The third kappa shape index (κ3) is 3.40. The van der Waals surface area contributed by atoms with Crippen LogP contribution in [0.5, 0.6) is 0 Å². The average molecular weight is 393 g/mol. The van der Waals surface area contributed by atoms with E-state index in [2.05, 4.69) is 15.3 Å². The summed E-state index contributed by atoms with van der Waals surface area (Å²) in [5, 5.41) is 3.34. The first-order chi connectivity index (χ1) is 14.0. The van der Waals surface area contributed by atoms with E-state index >= 15 is 0 Å². The van der Waals surface area contributed by atoms with E-state index in [-0.39, 0.29) is 29.3 Å². The van der Waals surface area contributed by atoms with Gasteiger partial charge in [0.05, 0.1) is 29.7 Å². The second-order valence-corrected chi connectivity index (χ2v) is 6.92. The number of ketones is 1. The van der Waals surface area contributed by atoms with E-state index in [9.17, 15) is 14.0 Å². The molecule has 4 rings (SSSR count). The van der Waals surface area contributed by atoms with Gasteiger partial charge in [-0.2, -0.15) is 0 Å². The highest BCUT2D eigenvalue weighted by Crippen LogP contribution is 2.42. The lowest BCUT2D eigenvalue weighted by Crippen LogP contribution is -2.34. The van der Waals surface area contributed by atoms with Gasteiger partial charge in [-0.25, -0.2) is 14.2 Å². The van der Waals surface area contributed by atoms with Gasteiger partial charge < -0.3 is 15.0 Å². The second kappa shape index (κ2) is 7.50. The SMILES string of the molecule is CCOC(=O)c1cccc2c1C(=O)C(c1ccc(F)cc1)C(c1ncc(C)[nH]1)N2. The number of nitrogens with one attached hydrogen (secondary N) is 2. The van der Waals surface area contributed by atoms with Crippen LogP contribution in [0.25, 0.3) is 0 Å². The molecular formula is C22H20FN3O3. The number of hydrogen-bond acceptors (Lipinski definition) is 5. The van der Waals surface area contributed by atoms with E-state index in [0.29, 0.717) is 17.1 Å². The zero-order chi connectivity index (χ0) is 20.5. The lowest BCUT2D eigenvalue weighted by Gasteiger charge is -2.33. The van der Waals surface area contributed by atoms with Crippen molar-refractivity contribution in [1.29, 1.82) is 0 Å². The minimum absolute atomic E-state index is 0.208. The van der Waals surface area contributed by atoms with Gasteiger partial charge in [-0.05, 0) is 43.7 Å². The largest absolute Gasteiger partial charge is 0.462 e. The summed E-state index contributed by atoms with van der Waals surface area (Å²) in [6, 6.07) is 10.3. The molecule has 1 aliphatic heterocycles. The molecule has 0 aliphatic carbocycles. The molecule has 3 aromatic rings. The molecule has 0 saturated carbocycles. The lowest BCUT2D eigenvalue weighted by atomic mass is 9.79. The van der Waals surface area contributed by atoms with Crippen molar-refractivity contribution in [3.63, 3.8) is 0 Å². The molecule has 2 atom stereocenters. The molecule has 0 radical (unpaired) electrons. The van der Waals surface area contributed by atoms with Crippen LogP contribution in [0.15, 0.2) is 48.7 Å². The minimum Gasteiger partial charge on any atom is -0.462 e. The van der Waals surface area contributed by atoms with Crippen molar-refractivity contribution in [2.75, 3.05) is 11.9 Å². The maximum atomic E-state index is 13.6. The summed E-state index contributed by atoms with van der Waals surface area (Å²) in [4.78, 5) is 33.6. The number of rotatable bonds is 4. The van der Waals surface area contributed by atoms with Crippen LogP contribution >= 0.6 is 0 Å². The summed E-state index contributed by atoms with van der Waals surface area (Å²) in [6.45, 7) is 3.80. The molecule has 0 bridgehead atoms. The number of carbonyl (C=O) groups excluding carboxylic acids is 2. The third-order valence-corrected chi connectivity index (χ3v) is 4.98. The lowest BCUT2D eigenvalue weighted by molar-refractivity contribution is 0.0522. The number of carbonyl (C=O) groups is 2. The standard InChI is InChI=1S/C22H20FN3O3/c1-3-29-22(28)15-5-4-6-16-18(15)20(27)17(13-7-9-14(23)10-8-13)19(26-16)21-24-11-12(2)25-21/h4-11,17,19,26H,3H2,1-2H3,(H,24,25). The quantitative estimate of drug-likeness (QED) is 0.650. The molecule has 1 aromatic heterocycles. The van der Waals surface area contributed by atoms with E-state index in [1.807, 2.05) is 6.92 Å². The van der Waals surface area contributed by atoms with Gasteiger partial charge in [0.2, 0.25) is 0 Å². The fraction of sp³-hybridized carbons (Fsp3) is 0.227. The van der Waals surface area contributed by atoms with Crippen molar-refractivity contribution in [3.8, 4) is 0 Å². The van der Waals surface area contributed by atoms with E-state index < -0.39 is 17.9 Å². The van der Waals surface area contributed by atoms with Crippen LogP contribution < -0.4 is 5.32 Å². The highest BCUT2D eigenvalue weighted by Gasteiger charge is 2.41. The molecular weight excluding hydrogens is 373 g/mol. The monoisotopic (exact) mass is 393 g/mol. The van der Waals surface area contributed by atoms with Gasteiger partial charge in [0.1, 0.15) is 11.6 Å². The van der Waals surface area contributed by atoms with Gasteiger partial charge in [-0.3, -0.25) is 4.79 Å². The number of aryl methyl sites for hydroxylation is 1. The highest BCUT2D eigenvalue weighted by atomic mass is 19.1. The summed E-state index contributed by atoms with van der Waals surface area (Å²) in [6.07, 6.45) is 1.69. The topological polar surface area (TPSA) is 84.1 Å². The number of anilines is 1. The summed E-state index contributed by atoms with van der Waals surface area (Å²) >= 11 is 0. The summed E-state index contributed by atoms with van der Waals surface area (Å²) in [5.74, 6) is -1.28. The van der Waals surface area contributed by atoms with Crippen LogP contribution in [-0.2, 0) is 4.74 Å². The number of ether oxygens (including phenoxy) is 1. The Morgan fingerprint density at radius 2 is 1.97 bits per heavy atom. The Labute approximate surface area is 167 Å². The number of aromatic amines is 1. The molecule has 0 fully saturated rings. The number of H-pyrrole nitrogens is 1. The number of fused-ring (bicyclic) bond motifs is 1. The number of esters is 1. The fourth-order valence-corrected chi connectivity index (χ4v) is 3.71. The number of halogens is 1. The summed E-state index contributed by atoms with van der Waals surface area (Å²) in [7, 11) is 0. The number of Topliss-reactive ketones (excluding diaryl/α,β-unsaturated/α-hetero) is 1. The average Bonchev–Trinajstić information content (AvgIpc) is 3.15. The number of nitrogens with zero attached hydrogens (tertiary/aromatic N) is 1. The first-order valence-electron chi connectivity index (χ1n) is 9.37. The van der Waals surface area contributed by atoms with Crippen LogP contribution in [0.3, 0.4) is 0 Å². The van der Waals surface area contributed by atoms with Crippen molar-refractivity contribution in [1.82, 2.24) is 9.97 Å². The maximum absolute atomic E-state index is 13.6. The molecule has 2 N–H and O–H groups in total. The molecule has 2 aromatic carbocycles. The molecule has 0 spiro atoms. The van der Waals surface area contributed by atoms with Gasteiger partial charge in [0.25, 0.3) is 0 Å². The Kier molecular flexibility index (Phi) is 4.88. The molecule has 1 aliphatic rings. The van der Waals surface area contributed by atoms with E-state index in [0.717, 1.165) is 5.69 Å². The van der Waals surface area contributed by atoms with E-state index in [1.54, 1.807) is 43.5 Å². The predicted octanol–water partition coefficient (Wildman–Crippen LogP) is 4.17. The Balaban J connectivity index is 1.87. The Hall–Kier alpha value is -3.48. The van der Waals surface area contributed by atoms with Gasteiger partial charge in [-0.1, -0.05) is 18.2 Å². The summed E-state index contributed by atoms with van der Waals surface area (Å²) in [5.41, 5.74) is 2.52. The minimum atomic E-state index is -0.691. The van der Waals surface area contributed by atoms with Gasteiger partial charge in [0, 0.05) is 17.6 Å². The third-order valence-electron chi connectivity index (χ3n) is 4.98. The maximum Gasteiger partial charge on any atom is 0.338 e. The molecule has 7 heteroatoms. The van der Waals surface area contributed by atoms with Crippen molar-refractivity contribution in [2.24, 2.45) is 0 Å². The van der Waals surface area contributed by atoms with Crippen molar-refractivity contribution >= 4 is 17.4 Å². The van der Waals surface area contributed by atoms with Crippen LogP contribution in [0, 0.1) is 12.7 Å². The molecule has 0 saturated heterocycles.